The van der Waals surface area contributed by atoms with Crippen molar-refractivity contribution < 1.29 is 19.5 Å². The fraction of sp³-hybridized carbons (Fsp3) is 0.423. The van der Waals surface area contributed by atoms with Crippen LogP contribution in [0.5, 0.6) is 0 Å². The van der Waals surface area contributed by atoms with Crippen LogP contribution < -0.4 is 0 Å². The molecule has 1 saturated heterocycles. The van der Waals surface area contributed by atoms with Crippen LogP contribution in [0, 0.1) is 29.6 Å². The van der Waals surface area contributed by atoms with Crippen LogP contribution in [0.2, 0.25) is 0 Å². The summed E-state index contributed by atoms with van der Waals surface area (Å²) in [5.74, 6) is 9.04. The molecule has 4 atom stereocenters. The number of rotatable bonds is 8. The van der Waals surface area contributed by atoms with Crippen LogP contribution in [0.3, 0.4) is 0 Å². The Bertz CT molecular complexity index is 1210. The minimum absolute atomic E-state index is 0.245. The first-order valence-corrected chi connectivity index (χ1v) is 11.7. The van der Waals surface area contributed by atoms with Gasteiger partial charge < -0.3 is 24.2 Å². The number of piperidine rings is 1. The number of carboxylic acids is 1. The standard InChI is InChI=1S/C26H28N4O4/c1-17(31)26-27-10-12-30(26)14-20-13-24(28-34-20)19-7-4-18(5-8-19)6-9-21-22-15-29(16-23(21)22)11-2-3-25(32)33/h4-5,7-8,10,12-13,17,21-23,31H,2-3,11,14-16H2,1H3,(H,32,33)/t17-,21-,22+,23-/m0/s1. The lowest BCUT2D eigenvalue weighted by Crippen LogP contribution is -2.25. The average molecular weight is 461 g/mol. The third-order valence-corrected chi connectivity index (χ3v) is 6.70. The monoisotopic (exact) mass is 460 g/mol. The number of imidazole rings is 1. The van der Waals surface area contributed by atoms with Gasteiger partial charge >= 0.3 is 5.97 Å². The molecule has 0 spiro atoms. The second-order valence-electron chi connectivity index (χ2n) is 9.22. The molecule has 3 aromatic rings. The Morgan fingerprint density at radius 3 is 2.74 bits per heavy atom. The Kier molecular flexibility index (Phi) is 6.22. The molecule has 8 nitrogen and oxygen atoms in total. The molecule has 2 aliphatic rings. The number of aromatic nitrogens is 3. The molecule has 8 heteroatoms. The van der Waals surface area contributed by atoms with Crippen molar-refractivity contribution in [2.75, 3.05) is 19.6 Å². The highest BCUT2D eigenvalue weighted by Gasteiger charge is 2.54. The van der Waals surface area contributed by atoms with Gasteiger partial charge in [0.2, 0.25) is 0 Å². The van der Waals surface area contributed by atoms with Gasteiger partial charge in [-0.25, -0.2) is 4.98 Å². The number of aliphatic hydroxyl groups is 1. The molecule has 1 saturated carbocycles. The highest BCUT2D eigenvalue weighted by Crippen LogP contribution is 2.51. The Hall–Kier alpha value is -3.41. The predicted octanol–water partition coefficient (Wildman–Crippen LogP) is 3.03. The van der Waals surface area contributed by atoms with Crippen LogP contribution >= 0.6 is 0 Å². The number of aliphatic carboxylic acids is 1. The maximum Gasteiger partial charge on any atom is 0.303 e. The van der Waals surface area contributed by atoms with Gasteiger partial charge in [0.05, 0.1) is 6.54 Å². The molecule has 2 N–H and O–H groups in total. The number of carbonyl (C=O) groups is 1. The topological polar surface area (TPSA) is 105 Å². The Morgan fingerprint density at radius 1 is 1.26 bits per heavy atom. The summed E-state index contributed by atoms with van der Waals surface area (Å²) >= 11 is 0. The number of nitrogens with zero attached hydrogens (tertiary/aromatic N) is 4. The largest absolute Gasteiger partial charge is 0.481 e. The minimum atomic E-state index is -0.719. The van der Waals surface area contributed by atoms with E-state index >= 15 is 0 Å². The maximum atomic E-state index is 10.7. The highest BCUT2D eigenvalue weighted by atomic mass is 16.5. The summed E-state index contributed by atoms with van der Waals surface area (Å²) < 4.78 is 7.33. The van der Waals surface area contributed by atoms with Gasteiger partial charge in [-0.15, -0.1) is 0 Å². The van der Waals surface area contributed by atoms with E-state index in [1.165, 1.54) is 0 Å². The maximum absolute atomic E-state index is 10.7. The molecule has 0 bridgehead atoms. The summed E-state index contributed by atoms with van der Waals surface area (Å²) in [6, 6.07) is 9.92. The quantitative estimate of drug-likeness (QED) is 0.498. The van der Waals surface area contributed by atoms with Gasteiger partial charge in [0.1, 0.15) is 17.6 Å². The number of benzene rings is 1. The van der Waals surface area contributed by atoms with E-state index in [0.29, 0.717) is 35.9 Å². The predicted molar refractivity (Wildman–Crippen MR) is 125 cm³/mol. The highest BCUT2D eigenvalue weighted by molar-refractivity contribution is 5.66. The van der Waals surface area contributed by atoms with Gasteiger partial charge in [0.15, 0.2) is 5.76 Å². The van der Waals surface area contributed by atoms with Crippen molar-refractivity contribution in [1.82, 2.24) is 19.6 Å². The lowest BCUT2D eigenvalue weighted by atomic mass is 10.1. The van der Waals surface area contributed by atoms with Crippen molar-refractivity contribution in [2.45, 2.75) is 32.4 Å². The second kappa shape index (κ2) is 9.45. The van der Waals surface area contributed by atoms with Crippen LogP contribution in [0.4, 0.5) is 0 Å². The fourth-order valence-corrected chi connectivity index (χ4v) is 4.87. The molecule has 2 fully saturated rings. The summed E-state index contributed by atoms with van der Waals surface area (Å²) in [5, 5.41) is 22.8. The van der Waals surface area contributed by atoms with E-state index in [9.17, 15) is 9.90 Å². The normalized spacial score (nSPS) is 22.1. The first-order chi connectivity index (χ1) is 16.5. The smallest absolute Gasteiger partial charge is 0.303 e. The number of fused-ring (bicyclic) bond motifs is 1. The van der Waals surface area contributed by atoms with Gasteiger partial charge in [0.25, 0.3) is 0 Å². The number of likely N-dealkylation sites (tertiary alicyclic amines) is 1. The molecule has 2 aromatic heterocycles. The van der Waals surface area contributed by atoms with Crippen LogP contribution in [0.25, 0.3) is 11.3 Å². The number of hydrogen-bond donors (Lipinski definition) is 2. The van der Waals surface area contributed by atoms with Gasteiger partial charge in [-0.05, 0) is 43.9 Å². The van der Waals surface area contributed by atoms with Crippen molar-refractivity contribution in [3.05, 3.63) is 59.9 Å². The summed E-state index contributed by atoms with van der Waals surface area (Å²) in [6.07, 6.45) is 3.78. The fourth-order valence-electron chi connectivity index (χ4n) is 4.87. The first kappa shape index (κ1) is 22.4. The van der Waals surface area contributed by atoms with E-state index in [4.69, 9.17) is 9.63 Å². The SMILES string of the molecule is C[C@H](O)c1nccn1Cc1cc(-c2ccc(C#C[C@H]3[C@H]4CN(CCCC(=O)O)C[C@@H]34)cc2)no1. The molecule has 1 aliphatic heterocycles. The number of aliphatic hydroxyl groups excluding tert-OH is 1. The molecule has 0 unspecified atom stereocenters. The molecule has 0 amide bonds. The Morgan fingerprint density at radius 2 is 2.03 bits per heavy atom. The van der Waals surface area contributed by atoms with Crippen LogP contribution in [0.15, 0.2) is 47.2 Å². The summed E-state index contributed by atoms with van der Waals surface area (Å²) in [5.41, 5.74) is 2.70. The molecule has 3 heterocycles. The molecule has 176 valence electrons. The zero-order chi connectivity index (χ0) is 23.7. The third-order valence-electron chi connectivity index (χ3n) is 6.70. The van der Waals surface area contributed by atoms with Gasteiger partial charge in [0, 0.05) is 55.0 Å². The van der Waals surface area contributed by atoms with Crippen molar-refractivity contribution in [3.8, 4) is 23.1 Å². The molecule has 5 rings (SSSR count). The van der Waals surface area contributed by atoms with Crippen molar-refractivity contribution in [1.29, 1.82) is 0 Å². The zero-order valence-corrected chi connectivity index (χ0v) is 19.1. The van der Waals surface area contributed by atoms with Crippen molar-refractivity contribution in [3.63, 3.8) is 0 Å². The van der Waals surface area contributed by atoms with E-state index in [1.807, 2.05) is 41.1 Å². The van der Waals surface area contributed by atoms with Gasteiger partial charge in [-0.2, -0.15) is 0 Å². The number of carboxylic acid groups (broad SMARTS) is 1. The van der Waals surface area contributed by atoms with Crippen LogP contribution in [0.1, 0.15) is 43.0 Å². The Balaban J connectivity index is 1.14. The second-order valence-corrected chi connectivity index (χ2v) is 9.22. The van der Waals surface area contributed by atoms with E-state index < -0.39 is 12.1 Å². The Labute approximate surface area is 198 Å². The first-order valence-electron chi connectivity index (χ1n) is 11.7. The van der Waals surface area contributed by atoms with E-state index in [0.717, 1.165) is 42.9 Å². The van der Waals surface area contributed by atoms with Crippen LogP contribution in [-0.2, 0) is 11.3 Å². The van der Waals surface area contributed by atoms with E-state index in [2.05, 4.69) is 26.9 Å². The van der Waals surface area contributed by atoms with Crippen molar-refractivity contribution >= 4 is 5.97 Å². The van der Waals surface area contributed by atoms with Crippen molar-refractivity contribution in [2.24, 2.45) is 17.8 Å². The number of hydrogen-bond acceptors (Lipinski definition) is 6. The van der Waals surface area contributed by atoms with Gasteiger partial charge in [-0.1, -0.05) is 29.1 Å². The summed E-state index contributed by atoms with van der Waals surface area (Å²) in [6.45, 7) is 5.08. The molecule has 0 radical (unpaired) electrons. The van der Waals surface area contributed by atoms with Gasteiger partial charge in [-0.3, -0.25) is 4.79 Å². The molecule has 1 aromatic carbocycles. The van der Waals surface area contributed by atoms with E-state index in [1.54, 1.807) is 13.1 Å². The van der Waals surface area contributed by atoms with Crippen LogP contribution in [-0.4, -0.2) is 55.4 Å². The molecular weight excluding hydrogens is 432 g/mol. The summed E-state index contributed by atoms with van der Waals surface area (Å²) in [7, 11) is 0. The summed E-state index contributed by atoms with van der Waals surface area (Å²) in [4.78, 5) is 17.2. The average Bonchev–Trinajstić information content (AvgIpc) is 3.30. The molecule has 34 heavy (non-hydrogen) atoms. The van der Waals surface area contributed by atoms with E-state index in [-0.39, 0.29) is 6.42 Å². The third kappa shape index (κ3) is 4.91. The molecule has 1 aliphatic carbocycles. The molecular formula is C26H28N4O4. The lowest BCUT2D eigenvalue weighted by molar-refractivity contribution is -0.137. The zero-order valence-electron chi connectivity index (χ0n) is 19.1. The minimum Gasteiger partial charge on any atom is -0.481 e. The lowest BCUT2D eigenvalue weighted by Gasteiger charge is -2.17.